The first-order valence-electron chi connectivity index (χ1n) is 6.00. The minimum atomic E-state index is -1.27. The number of hydrogen-bond donors (Lipinski definition) is 2. The predicted molar refractivity (Wildman–Crippen MR) is 79.2 cm³/mol. The SMILES string of the molecule is COC(=O)C[C@H](NC(=O)CSCc1csc(C)n1)C(=O)O. The third kappa shape index (κ3) is 6.58. The highest BCUT2D eigenvalue weighted by Gasteiger charge is 2.23. The third-order valence-electron chi connectivity index (χ3n) is 2.38. The molecule has 0 fully saturated rings. The summed E-state index contributed by atoms with van der Waals surface area (Å²) >= 11 is 2.86. The summed E-state index contributed by atoms with van der Waals surface area (Å²) < 4.78 is 4.39. The molecule has 1 heterocycles. The van der Waals surface area contributed by atoms with E-state index < -0.39 is 30.3 Å². The second-order valence-electron chi connectivity index (χ2n) is 4.09. The number of amides is 1. The lowest BCUT2D eigenvalue weighted by Crippen LogP contribution is -2.43. The quantitative estimate of drug-likeness (QED) is 0.679. The van der Waals surface area contributed by atoms with Crippen LogP contribution >= 0.6 is 23.1 Å². The summed E-state index contributed by atoms with van der Waals surface area (Å²) in [5.41, 5.74) is 0.889. The average molecular weight is 332 g/mol. The highest BCUT2D eigenvalue weighted by molar-refractivity contribution is 7.99. The van der Waals surface area contributed by atoms with Gasteiger partial charge in [-0.1, -0.05) is 0 Å². The summed E-state index contributed by atoms with van der Waals surface area (Å²) in [5.74, 6) is -1.72. The molecular weight excluding hydrogens is 316 g/mol. The number of thiazole rings is 1. The van der Waals surface area contributed by atoms with E-state index in [-0.39, 0.29) is 5.75 Å². The van der Waals surface area contributed by atoms with Crippen molar-refractivity contribution in [2.45, 2.75) is 25.1 Å². The largest absolute Gasteiger partial charge is 0.480 e. The Morgan fingerprint density at radius 3 is 2.76 bits per heavy atom. The minimum Gasteiger partial charge on any atom is -0.480 e. The van der Waals surface area contributed by atoms with E-state index in [1.54, 1.807) is 0 Å². The number of carboxylic acid groups (broad SMARTS) is 1. The molecule has 1 atom stereocenters. The van der Waals surface area contributed by atoms with E-state index >= 15 is 0 Å². The normalized spacial score (nSPS) is 11.7. The molecule has 0 aromatic carbocycles. The standard InChI is InChI=1S/C12H16N2O5S2/c1-7-13-8(5-21-7)4-20-6-10(15)14-9(12(17)18)3-11(16)19-2/h5,9H,3-4,6H2,1-2H3,(H,14,15)(H,17,18)/t9-/m0/s1. The first-order valence-corrected chi connectivity index (χ1v) is 8.03. The lowest BCUT2D eigenvalue weighted by molar-refractivity contribution is -0.148. The van der Waals surface area contributed by atoms with Gasteiger partial charge in [-0.3, -0.25) is 9.59 Å². The molecule has 0 saturated carbocycles. The number of ether oxygens (including phenoxy) is 1. The first kappa shape index (κ1) is 17.4. The van der Waals surface area contributed by atoms with Gasteiger partial charge in [0.25, 0.3) is 0 Å². The molecule has 7 nitrogen and oxygen atoms in total. The van der Waals surface area contributed by atoms with Crippen molar-refractivity contribution in [1.29, 1.82) is 0 Å². The van der Waals surface area contributed by atoms with Gasteiger partial charge in [0.2, 0.25) is 5.91 Å². The van der Waals surface area contributed by atoms with Gasteiger partial charge in [0, 0.05) is 11.1 Å². The van der Waals surface area contributed by atoms with Crippen molar-refractivity contribution in [2.75, 3.05) is 12.9 Å². The van der Waals surface area contributed by atoms with E-state index in [9.17, 15) is 14.4 Å². The Balaban J connectivity index is 2.36. The molecule has 0 saturated heterocycles. The van der Waals surface area contributed by atoms with Gasteiger partial charge in [0.05, 0.1) is 30.0 Å². The maximum Gasteiger partial charge on any atom is 0.326 e. The van der Waals surface area contributed by atoms with E-state index in [1.807, 2.05) is 12.3 Å². The first-order chi connectivity index (χ1) is 9.92. The van der Waals surface area contributed by atoms with Crippen molar-refractivity contribution in [3.63, 3.8) is 0 Å². The number of aryl methyl sites for hydroxylation is 1. The van der Waals surface area contributed by atoms with E-state index in [2.05, 4.69) is 15.0 Å². The van der Waals surface area contributed by atoms with Crippen LogP contribution in [-0.4, -0.2) is 46.8 Å². The molecule has 1 rings (SSSR count). The van der Waals surface area contributed by atoms with Crippen LogP contribution in [-0.2, 0) is 24.9 Å². The summed E-state index contributed by atoms with van der Waals surface area (Å²) in [6, 6.07) is -1.27. The summed E-state index contributed by atoms with van der Waals surface area (Å²) in [6.07, 6.45) is -0.395. The van der Waals surface area contributed by atoms with Crippen LogP contribution in [0.1, 0.15) is 17.1 Å². The summed E-state index contributed by atoms with van der Waals surface area (Å²) in [4.78, 5) is 37.9. The Hall–Kier alpha value is -1.61. The van der Waals surface area contributed by atoms with E-state index in [0.29, 0.717) is 5.75 Å². The van der Waals surface area contributed by atoms with Gasteiger partial charge < -0.3 is 15.2 Å². The molecule has 0 bridgehead atoms. The lowest BCUT2D eigenvalue weighted by atomic mass is 10.2. The van der Waals surface area contributed by atoms with Crippen LogP contribution in [0.3, 0.4) is 0 Å². The molecule has 0 aliphatic heterocycles. The lowest BCUT2D eigenvalue weighted by Gasteiger charge is -2.12. The second kappa shape index (κ2) is 8.63. The van der Waals surface area contributed by atoms with E-state index in [0.717, 1.165) is 17.8 Å². The number of aliphatic carboxylic acids is 1. The molecule has 21 heavy (non-hydrogen) atoms. The topological polar surface area (TPSA) is 106 Å². The zero-order valence-electron chi connectivity index (χ0n) is 11.6. The number of thioether (sulfide) groups is 1. The molecule has 0 aliphatic carbocycles. The number of methoxy groups -OCH3 is 1. The molecule has 2 N–H and O–H groups in total. The number of nitrogens with one attached hydrogen (secondary N) is 1. The van der Waals surface area contributed by atoms with E-state index in [1.165, 1.54) is 23.1 Å². The summed E-state index contributed by atoms with van der Waals surface area (Å²) in [5, 5.41) is 14.1. The number of nitrogens with zero attached hydrogens (tertiary/aromatic N) is 1. The molecule has 0 aliphatic rings. The van der Waals surface area contributed by atoms with Crippen molar-refractivity contribution in [2.24, 2.45) is 0 Å². The highest BCUT2D eigenvalue weighted by atomic mass is 32.2. The molecule has 116 valence electrons. The number of esters is 1. The summed E-state index contributed by atoms with van der Waals surface area (Å²) in [6.45, 7) is 1.90. The Morgan fingerprint density at radius 1 is 1.52 bits per heavy atom. The van der Waals surface area contributed by atoms with Crippen molar-refractivity contribution < 1.29 is 24.2 Å². The van der Waals surface area contributed by atoms with Crippen LogP contribution in [0.2, 0.25) is 0 Å². The third-order valence-corrected chi connectivity index (χ3v) is 4.17. The van der Waals surface area contributed by atoms with Crippen LogP contribution in [0.25, 0.3) is 0 Å². The number of aromatic nitrogens is 1. The van der Waals surface area contributed by atoms with Gasteiger partial charge in [-0.2, -0.15) is 0 Å². The highest BCUT2D eigenvalue weighted by Crippen LogP contribution is 2.14. The zero-order valence-corrected chi connectivity index (χ0v) is 13.3. The molecule has 1 amide bonds. The minimum absolute atomic E-state index is 0.0987. The van der Waals surface area contributed by atoms with E-state index in [4.69, 9.17) is 5.11 Å². The van der Waals surface area contributed by atoms with Crippen LogP contribution in [0.5, 0.6) is 0 Å². The smallest absolute Gasteiger partial charge is 0.326 e. The van der Waals surface area contributed by atoms with Crippen molar-refractivity contribution in [3.05, 3.63) is 16.1 Å². The maximum atomic E-state index is 11.7. The monoisotopic (exact) mass is 332 g/mol. The van der Waals surface area contributed by atoms with Crippen molar-refractivity contribution >= 4 is 40.9 Å². The van der Waals surface area contributed by atoms with Crippen LogP contribution in [0.15, 0.2) is 5.38 Å². The van der Waals surface area contributed by atoms with Gasteiger partial charge in [-0.25, -0.2) is 9.78 Å². The van der Waals surface area contributed by atoms with Crippen LogP contribution in [0.4, 0.5) is 0 Å². The van der Waals surface area contributed by atoms with Gasteiger partial charge >= 0.3 is 11.9 Å². The number of rotatable bonds is 8. The Labute approximate surface area is 130 Å². The Bertz CT molecular complexity index is 518. The predicted octanol–water partition coefficient (Wildman–Crippen LogP) is 0.817. The van der Waals surface area contributed by atoms with Crippen LogP contribution in [0, 0.1) is 6.92 Å². The van der Waals surface area contributed by atoms with Crippen LogP contribution < -0.4 is 5.32 Å². The number of carbonyl (C=O) groups excluding carboxylic acids is 2. The maximum absolute atomic E-state index is 11.7. The molecule has 0 radical (unpaired) electrons. The average Bonchev–Trinajstić information content (AvgIpc) is 2.83. The molecule has 9 heteroatoms. The van der Waals surface area contributed by atoms with Gasteiger partial charge in [0.1, 0.15) is 6.04 Å². The van der Waals surface area contributed by atoms with Gasteiger partial charge in [0.15, 0.2) is 0 Å². The Kier molecular flexibility index (Phi) is 7.17. The molecule has 0 unspecified atom stereocenters. The number of carbonyl (C=O) groups is 3. The number of hydrogen-bond acceptors (Lipinski definition) is 7. The molecule has 1 aromatic heterocycles. The fraction of sp³-hybridized carbons (Fsp3) is 0.500. The van der Waals surface area contributed by atoms with Crippen molar-refractivity contribution in [1.82, 2.24) is 10.3 Å². The zero-order chi connectivity index (χ0) is 15.8. The fourth-order valence-corrected chi connectivity index (χ4v) is 2.85. The molecule has 0 spiro atoms. The van der Waals surface area contributed by atoms with Gasteiger partial charge in [-0.15, -0.1) is 23.1 Å². The van der Waals surface area contributed by atoms with Gasteiger partial charge in [-0.05, 0) is 6.92 Å². The molecule has 1 aromatic rings. The van der Waals surface area contributed by atoms with Crippen molar-refractivity contribution in [3.8, 4) is 0 Å². The summed E-state index contributed by atoms with van der Waals surface area (Å²) in [7, 11) is 1.16. The second-order valence-corrected chi connectivity index (χ2v) is 6.14. The Morgan fingerprint density at radius 2 is 2.24 bits per heavy atom. The molecular formula is C12H16N2O5S2. The fourth-order valence-electron chi connectivity index (χ4n) is 1.41. The number of carboxylic acids is 1.